The second-order valence-electron chi connectivity index (χ2n) is 8.89. The molecule has 3 saturated heterocycles. The fourth-order valence-corrected chi connectivity index (χ4v) is 9.29. The van der Waals surface area contributed by atoms with Crippen LogP contribution in [0.4, 0.5) is 5.69 Å². The van der Waals surface area contributed by atoms with Crippen LogP contribution in [-0.4, -0.2) is 68.3 Å². The highest BCUT2D eigenvalue weighted by molar-refractivity contribution is 9.09. The Morgan fingerprint density at radius 1 is 1.30 bits per heavy atom. The summed E-state index contributed by atoms with van der Waals surface area (Å²) in [6.45, 7) is 2.93. The lowest BCUT2D eigenvalue weighted by Gasteiger charge is -2.35. The number of aliphatic hydroxyl groups excluding tert-OH is 1. The molecule has 0 aliphatic carbocycles. The molecule has 7 nitrogen and oxygen atoms in total. The zero-order valence-electron chi connectivity index (χ0n) is 18.4. The van der Waals surface area contributed by atoms with E-state index in [0.717, 1.165) is 6.42 Å². The van der Waals surface area contributed by atoms with E-state index in [9.17, 15) is 19.5 Å². The third kappa shape index (κ3) is 4.30. The Bertz CT molecular complexity index is 937. The fraction of sp³-hybridized carbons (Fsp3) is 0.609. The second-order valence-corrected chi connectivity index (χ2v) is 12.0. The monoisotopic (exact) mass is 557 g/mol. The Morgan fingerprint density at radius 2 is 2.06 bits per heavy atom. The minimum Gasteiger partial charge on any atom is -0.396 e. The molecule has 4 rings (SSSR count). The minimum atomic E-state index is -0.719. The number of fused-ring (bicyclic) bond motifs is 1. The molecular weight excluding hydrogens is 530 g/mol. The molecule has 3 fully saturated rings. The van der Waals surface area contributed by atoms with Crippen LogP contribution in [0.3, 0.4) is 0 Å². The first-order chi connectivity index (χ1) is 15.9. The average Bonchev–Trinajstić information content (AvgIpc) is 3.37. The number of nitrogens with zero attached hydrogens (tertiary/aromatic N) is 1. The molecule has 3 N–H and O–H groups in total. The van der Waals surface area contributed by atoms with Crippen LogP contribution in [0.5, 0.6) is 0 Å². The minimum absolute atomic E-state index is 0.0232. The van der Waals surface area contributed by atoms with Gasteiger partial charge in [-0.2, -0.15) is 0 Å². The van der Waals surface area contributed by atoms with E-state index in [-0.39, 0.29) is 34.4 Å². The van der Waals surface area contributed by atoms with Crippen molar-refractivity contribution < 1.29 is 19.5 Å². The van der Waals surface area contributed by atoms with Crippen LogP contribution in [0.25, 0.3) is 0 Å². The van der Waals surface area contributed by atoms with E-state index in [2.05, 4.69) is 26.6 Å². The molecule has 3 unspecified atom stereocenters. The molecule has 0 radical (unpaired) electrons. The number of amides is 3. The molecule has 1 spiro atoms. The van der Waals surface area contributed by atoms with Gasteiger partial charge in [-0.05, 0) is 37.8 Å². The summed E-state index contributed by atoms with van der Waals surface area (Å²) >= 11 is 11.6. The number of carbonyl (C=O) groups is 3. The van der Waals surface area contributed by atoms with Crippen molar-refractivity contribution in [3.05, 3.63) is 29.3 Å². The number of rotatable bonds is 9. The van der Waals surface area contributed by atoms with Gasteiger partial charge in [0.1, 0.15) is 6.04 Å². The molecule has 1 aromatic carbocycles. The molecule has 6 atom stereocenters. The lowest BCUT2D eigenvalue weighted by Crippen LogP contribution is -2.53. The van der Waals surface area contributed by atoms with E-state index in [1.165, 1.54) is 0 Å². The number of anilines is 1. The van der Waals surface area contributed by atoms with Gasteiger partial charge >= 0.3 is 0 Å². The SMILES string of the molecule is CCCNC(=O)[C@H]1[C@@H]2SC3(CC2Br)C(C(=O)Nc2ccccc2Cl)N(CCCCO)C(=O)[C@H]13. The topological polar surface area (TPSA) is 98.7 Å². The molecule has 3 heterocycles. The molecule has 33 heavy (non-hydrogen) atoms. The number of halogens is 2. The average molecular weight is 559 g/mol. The highest BCUT2D eigenvalue weighted by atomic mass is 79.9. The number of aliphatic hydroxyl groups is 1. The van der Waals surface area contributed by atoms with Crippen molar-refractivity contribution >= 4 is 62.7 Å². The van der Waals surface area contributed by atoms with Gasteiger partial charge in [0.15, 0.2) is 0 Å². The number of carbonyl (C=O) groups excluding carboxylic acids is 3. The summed E-state index contributed by atoms with van der Waals surface area (Å²) in [5, 5.41) is 15.5. The first-order valence-electron chi connectivity index (χ1n) is 11.4. The third-order valence-electron chi connectivity index (χ3n) is 6.83. The van der Waals surface area contributed by atoms with Gasteiger partial charge < -0.3 is 20.6 Å². The Morgan fingerprint density at radius 3 is 2.76 bits per heavy atom. The summed E-state index contributed by atoms with van der Waals surface area (Å²) in [4.78, 5) is 42.3. The lowest BCUT2D eigenvalue weighted by atomic mass is 9.70. The molecule has 180 valence electrons. The molecule has 10 heteroatoms. The van der Waals surface area contributed by atoms with Crippen molar-refractivity contribution in [2.24, 2.45) is 11.8 Å². The van der Waals surface area contributed by atoms with Crippen molar-refractivity contribution in [2.75, 3.05) is 25.0 Å². The molecule has 3 aliphatic rings. The second kappa shape index (κ2) is 10.1. The van der Waals surface area contributed by atoms with Gasteiger partial charge in [0.2, 0.25) is 17.7 Å². The molecule has 1 aromatic rings. The van der Waals surface area contributed by atoms with Crippen LogP contribution in [-0.2, 0) is 14.4 Å². The van der Waals surface area contributed by atoms with Gasteiger partial charge in [-0.1, -0.05) is 46.6 Å². The number of alkyl halides is 1. The maximum Gasteiger partial charge on any atom is 0.248 e. The molecule has 0 aromatic heterocycles. The number of nitrogens with one attached hydrogen (secondary N) is 2. The maximum absolute atomic E-state index is 13.7. The van der Waals surface area contributed by atoms with Crippen molar-refractivity contribution in [3.8, 4) is 0 Å². The third-order valence-corrected chi connectivity index (χ3v) is 10.4. The summed E-state index contributed by atoms with van der Waals surface area (Å²) in [7, 11) is 0. The van der Waals surface area contributed by atoms with Gasteiger partial charge in [-0.15, -0.1) is 11.8 Å². The molecule has 3 aliphatic heterocycles. The predicted molar refractivity (Wildman–Crippen MR) is 134 cm³/mol. The van der Waals surface area contributed by atoms with E-state index in [1.54, 1.807) is 40.9 Å². The summed E-state index contributed by atoms with van der Waals surface area (Å²) in [6, 6.07) is 6.30. The number of benzene rings is 1. The summed E-state index contributed by atoms with van der Waals surface area (Å²) in [5.74, 6) is -1.56. The Balaban J connectivity index is 1.69. The zero-order chi connectivity index (χ0) is 23.8. The normalized spacial score (nSPS) is 32.2. The number of hydrogen-bond donors (Lipinski definition) is 3. The van der Waals surface area contributed by atoms with E-state index in [4.69, 9.17) is 11.6 Å². The van der Waals surface area contributed by atoms with Crippen molar-refractivity contribution in [1.82, 2.24) is 10.2 Å². The van der Waals surface area contributed by atoms with E-state index in [0.29, 0.717) is 43.1 Å². The zero-order valence-corrected chi connectivity index (χ0v) is 21.6. The Hall–Kier alpha value is -1.29. The fourth-order valence-electron chi connectivity index (χ4n) is 5.49. The van der Waals surface area contributed by atoms with Gasteiger partial charge in [-0.3, -0.25) is 14.4 Å². The largest absolute Gasteiger partial charge is 0.396 e. The first kappa shape index (κ1) is 24.8. The highest BCUT2D eigenvalue weighted by Crippen LogP contribution is 2.67. The van der Waals surface area contributed by atoms with Crippen molar-refractivity contribution in [3.63, 3.8) is 0 Å². The summed E-state index contributed by atoms with van der Waals surface area (Å²) in [5.41, 5.74) is 0.497. The smallest absolute Gasteiger partial charge is 0.248 e. The first-order valence-corrected chi connectivity index (χ1v) is 13.6. The van der Waals surface area contributed by atoms with Crippen LogP contribution in [0.15, 0.2) is 24.3 Å². The van der Waals surface area contributed by atoms with Crippen molar-refractivity contribution in [2.45, 2.75) is 53.5 Å². The van der Waals surface area contributed by atoms with E-state index >= 15 is 0 Å². The number of likely N-dealkylation sites (tertiary alicyclic amines) is 1. The Kier molecular flexibility index (Phi) is 7.63. The van der Waals surface area contributed by atoms with Gasteiger partial charge in [-0.25, -0.2) is 0 Å². The van der Waals surface area contributed by atoms with Crippen LogP contribution < -0.4 is 10.6 Å². The number of thioether (sulfide) groups is 1. The predicted octanol–water partition coefficient (Wildman–Crippen LogP) is 3.04. The van der Waals surface area contributed by atoms with Crippen LogP contribution in [0.2, 0.25) is 5.02 Å². The van der Waals surface area contributed by atoms with E-state index < -0.39 is 22.6 Å². The number of para-hydroxylation sites is 1. The summed E-state index contributed by atoms with van der Waals surface area (Å²) in [6.07, 6.45) is 2.57. The van der Waals surface area contributed by atoms with Gasteiger partial charge in [0.05, 0.1) is 27.3 Å². The maximum atomic E-state index is 13.7. The van der Waals surface area contributed by atoms with Gasteiger partial charge in [0.25, 0.3) is 0 Å². The molecule has 2 bridgehead atoms. The quantitative estimate of drug-likeness (QED) is 0.320. The summed E-state index contributed by atoms with van der Waals surface area (Å²) < 4.78 is -0.686. The van der Waals surface area contributed by atoms with Crippen molar-refractivity contribution in [1.29, 1.82) is 0 Å². The molecular formula is C23H29BrClN3O4S. The highest BCUT2D eigenvalue weighted by Gasteiger charge is 2.75. The van der Waals surface area contributed by atoms with Crippen LogP contribution in [0.1, 0.15) is 32.6 Å². The molecule has 0 saturated carbocycles. The molecule has 3 amide bonds. The number of unbranched alkanes of at least 4 members (excludes halogenated alkanes) is 1. The van der Waals surface area contributed by atoms with Crippen LogP contribution in [0, 0.1) is 11.8 Å². The van der Waals surface area contributed by atoms with E-state index in [1.807, 2.05) is 6.92 Å². The van der Waals surface area contributed by atoms with Crippen LogP contribution >= 0.6 is 39.3 Å². The lowest BCUT2D eigenvalue weighted by molar-refractivity contribution is -0.139. The van der Waals surface area contributed by atoms with Gasteiger partial charge in [0, 0.05) is 29.8 Å². The Labute approximate surface area is 211 Å². The standard InChI is InChI=1S/C23H29BrClN3O4S/c1-2-9-26-20(30)16-17-22(32)28(10-5-6-11-29)19(23(17)12-13(24)18(16)33-23)21(31)27-15-8-4-3-7-14(15)25/h3-4,7-8,13,16-19,29H,2,5-6,9-12H2,1H3,(H,26,30)(H,27,31)/t13?,16-,17+,18-,19?,23?/m1/s1. The number of hydrogen-bond acceptors (Lipinski definition) is 5.